The van der Waals surface area contributed by atoms with E-state index >= 15 is 0 Å². The van der Waals surface area contributed by atoms with Crippen LogP contribution in [0.1, 0.15) is 23.5 Å². The van der Waals surface area contributed by atoms with Gasteiger partial charge in [0.15, 0.2) is 0 Å². The molecule has 0 N–H and O–H groups in total. The van der Waals surface area contributed by atoms with E-state index in [1.165, 1.54) is 12.1 Å². The highest BCUT2D eigenvalue weighted by molar-refractivity contribution is 7.51. The molecule has 4 aliphatic heterocycles. The lowest BCUT2D eigenvalue weighted by Gasteiger charge is -2.39. The Labute approximate surface area is 177 Å². The molecule has 4 atom stereocenters. The maximum Gasteiger partial charge on any atom is 0.252 e. The summed E-state index contributed by atoms with van der Waals surface area (Å²) in [6.07, 6.45) is 11.4. The Balaban J connectivity index is 1.28. The number of allylic oxidation sites excluding steroid dienone is 1. The molecule has 2 aromatic heterocycles. The second-order valence-electron chi connectivity index (χ2n) is 8.77. The molecular weight excluding hydrogens is 395 g/mol. The molecule has 0 spiro atoms. The van der Waals surface area contributed by atoms with Gasteiger partial charge in [-0.05, 0) is 39.5 Å². The molecule has 8 heteroatoms. The number of likely N-dealkylation sites (tertiary alicyclic amines) is 2. The third-order valence-electron chi connectivity index (χ3n) is 6.73. The predicted octanol–water partition coefficient (Wildman–Crippen LogP) is 2.33. The fraction of sp³-hybridized carbons (Fsp3) is 0.409. The molecule has 30 heavy (non-hydrogen) atoms. The summed E-state index contributed by atoms with van der Waals surface area (Å²) >= 11 is 0. The summed E-state index contributed by atoms with van der Waals surface area (Å²) in [7, 11) is 2.69. The van der Waals surface area contributed by atoms with Gasteiger partial charge in [0.05, 0.1) is 40.3 Å². The van der Waals surface area contributed by atoms with E-state index in [0.29, 0.717) is 20.7 Å². The van der Waals surface area contributed by atoms with Crippen molar-refractivity contribution in [3.8, 4) is 0 Å². The van der Waals surface area contributed by atoms with Crippen molar-refractivity contribution >= 4 is 25.3 Å². The number of aromatic nitrogens is 3. The number of nitrogens with zero attached hydrogens (tertiary/aromatic N) is 6. The van der Waals surface area contributed by atoms with Crippen molar-refractivity contribution in [1.82, 2.24) is 29.3 Å². The molecule has 0 saturated carbocycles. The molecule has 2 fully saturated rings. The van der Waals surface area contributed by atoms with Gasteiger partial charge in [-0.25, -0.2) is 4.52 Å². The maximum atomic E-state index is 13.0. The zero-order chi connectivity index (χ0) is 20.6. The number of carbonyl (C=O) groups excluding carboxylic acids is 1. The van der Waals surface area contributed by atoms with Crippen LogP contribution >= 0.6 is 8.58 Å². The Kier molecular flexibility index (Phi) is 3.96. The molecule has 6 rings (SSSR count). The van der Waals surface area contributed by atoms with E-state index in [4.69, 9.17) is 5.10 Å². The van der Waals surface area contributed by atoms with E-state index in [9.17, 15) is 4.79 Å². The van der Waals surface area contributed by atoms with Crippen molar-refractivity contribution in [2.24, 2.45) is 0 Å². The fourth-order valence-electron chi connectivity index (χ4n) is 5.19. The van der Waals surface area contributed by atoms with Crippen molar-refractivity contribution < 1.29 is 4.79 Å². The summed E-state index contributed by atoms with van der Waals surface area (Å²) in [5, 5.41) is 5.75. The molecule has 4 aliphatic rings. The maximum absolute atomic E-state index is 13.0. The summed E-state index contributed by atoms with van der Waals surface area (Å²) in [4.78, 5) is 24.4. The third-order valence-corrected chi connectivity index (χ3v) is 8.21. The summed E-state index contributed by atoms with van der Waals surface area (Å²) in [6, 6.07) is 3.26. The first-order valence-corrected chi connectivity index (χ1v) is 11.6. The van der Waals surface area contributed by atoms with E-state index in [2.05, 4.69) is 46.2 Å². The second-order valence-corrected chi connectivity index (χ2v) is 10.2. The molecule has 2 saturated heterocycles. The average Bonchev–Trinajstić information content (AvgIpc) is 3.41. The molecule has 2 aromatic rings. The number of carbonyl (C=O) groups is 1. The predicted molar refractivity (Wildman–Crippen MR) is 118 cm³/mol. The zero-order valence-electron chi connectivity index (χ0n) is 17.4. The highest BCUT2D eigenvalue weighted by Crippen LogP contribution is 2.45. The third kappa shape index (κ3) is 2.76. The fourth-order valence-corrected chi connectivity index (χ4v) is 6.52. The summed E-state index contributed by atoms with van der Waals surface area (Å²) in [5.74, 6) is 0.120. The molecule has 0 radical (unpaired) electrons. The van der Waals surface area contributed by atoms with E-state index < -0.39 is 0 Å². The lowest BCUT2D eigenvalue weighted by atomic mass is 10.2. The molecule has 6 heterocycles. The molecule has 1 amide bonds. The van der Waals surface area contributed by atoms with Crippen LogP contribution in [-0.4, -0.2) is 73.2 Å². The Morgan fingerprint density at radius 2 is 2.07 bits per heavy atom. The van der Waals surface area contributed by atoms with Gasteiger partial charge in [0, 0.05) is 42.8 Å². The van der Waals surface area contributed by atoms with Gasteiger partial charge in [-0.15, -0.1) is 0 Å². The van der Waals surface area contributed by atoms with Gasteiger partial charge in [0.1, 0.15) is 0 Å². The Hall–Kier alpha value is -2.50. The van der Waals surface area contributed by atoms with Gasteiger partial charge >= 0.3 is 0 Å². The molecule has 7 nitrogen and oxygen atoms in total. The van der Waals surface area contributed by atoms with Crippen LogP contribution in [0.15, 0.2) is 42.4 Å². The Morgan fingerprint density at radius 3 is 2.83 bits per heavy atom. The standard InChI is InChI=1S/C22H25N6OP/c1-13-9-28-19(14(2)23-13)7-18(24-28)20-8-21(29)27-11-15(4-5-22(27)30-20)26-12-16-6-17(26)10-25(16)3/h4-5,7-9,11,16-17,22,30H,6,10,12H2,1-3H3/t16-,17-,22?/m0/s1. The topological polar surface area (TPSA) is 57.0 Å². The average molecular weight is 420 g/mol. The first-order valence-electron chi connectivity index (χ1n) is 10.5. The van der Waals surface area contributed by atoms with Crippen molar-refractivity contribution in [1.29, 1.82) is 0 Å². The number of likely N-dealkylation sites (N-methyl/N-ethyl adjacent to an activating group) is 1. The van der Waals surface area contributed by atoms with Crippen LogP contribution < -0.4 is 0 Å². The largest absolute Gasteiger partial charge is 0.364 e. The van der Waals surface area contributed by atoms with E-state index in [0.717, 1.165) is 41.0 Å². The smallest absolute Gasteiger partial charge is 0.252 e. The molecule has 0 aliphatic carbocycles. The highest BCUT2D eigenvalue weighted by Gasteiger charge is 2.42. The van der Waals surface area contributed by atoms with Gasteiger partial charge in [0.25, 0.3) is 5.91 Å². The first kappa shape index (κ1) is 18.3. The van der Waals surface area contributed by atoms with Crippen LogP contribution in [0.3, 0.4) is 0 Å². The van der Waals surface area contributed by atoms with Crippen LogP contribution in [-0.2, 0) is 4.79 Å². The van der Waals surface area contributed by atoms with Gasteiger partial charge in [0.2, 0.25) is 0 Å². The normalized spacial score (nSPS) is 29.2. The Bertz CT molecular complexity index is 1160. The van der Waals surface area contributed by atoms with Crippen LogP contribution in [0.4, 0.5) is 0 Å². The van der Waals surface area contributed by atoms with Crippen LogP contribution in [0.25, 0.3) is 10.8 Å². The minimum Gasteiger partial charge on any atom is -0.364 e. The van der Waals surface area contributed by atoms with Crippen molar-refractivity contribution in [2.45, 2.75) is 38.1 Å². The monoisotopic (exact) mass is 420 g/mol. The van der Waals surface area contributed by atoms with Crippen molar-refractivity contribution in [3.63, 3.8) is 0 Å². The first-order chi connectivity index (χ1) is 14.5. The van der Waals surface area contributed by atoms with Crippen LogP contribution in [0, 0.1) is 13.8 Å². The number of amides is 1. The minimum atomic E-state index is 0.0418. The van der Waals surface area contributed by atoms with Crippen LogP contribution in [0.5, 0.6) is 0 Å². The number of rotatable bonds is 2. The quantitative estimate of drug-likeness (QED) is 0.698. The number of hydrogen-bond acceptors (Lipinski definition) is 5. The number of fused-ring (bicyclic) bond motifs is 4. The Morgan fingerprint density at radius 1 is 1.20 bits per heavy atom. The minimum absolute atomic E-state index is 0.0418. The number of piperazine rings is 1. The SMILES string of the molecule is Cc1cn2nc(C3=CC(=O)N4C=C(N5C[C@@H]6C[C@H]5CN6C)C=CC4P3)cc2c(C)n1. The molecule has 2 bridgehead atoms. The molecule has 2 unspecified atom stereocenters. The lowest BCUT2D eigenvalue weighted by Crippen LogP contribution is -2.45. The molecule has 154 valence electrons. The van der Waals surface area contributed by atoms with Crippen molar-refractivity contribution in [3.05, 3.63) is 59.5 Å². The van der Waals surface area contributed by atoms with E-state index in [1.54, 1.807) is 6.08 Å². The lowest BCUT2D eigenvalue weighted by molar-refractivity contribution is -0.123. The van der Waals surface area contributed by atoms with E-state index in [-0.39, 0.29) is 11.7 Å². The van der Waals surface area contributed by atoms with Gasteiger partial charge in [-0.3, -0.25) is 14.7 Å². The van der Waals surface area contributed by atoms with Crippen LogP contribution in [0.2, 0.25) is 0 Å². The molecule has 0 aromatic carbocycles. The second kappa shape index (κ2) is 6.50. The summed E-state index contributed by atoms with van der Waals surface area (Å²) in [6.45, 7) is 6.14. The number of aryl methyl sites for hydroxylation is 2. The molecular formula is C22H25N6OP. The summed E-state index contributed by atoms with van der Waals surface area (Å²) < 4.78 is 1.88. The van der Waals surface area contributed by atoms with Gasteiger partial charge in [-0.2, -0.15) is 5.10 Å². The highest BCUT2D eigenvalue weighted by atomic mass is 31.1. The van der Waals surface area contributed by atoms with Gasteiger partial charge in [-0.1, -0.05) is 14.7 Å². The van der Waals surface area contributed by atoms with E-state index in [1.807, 2.05) is 29.5 Å². The number of hydrogen-bond donors (Lipinski definition) is 0. The van der Waals surface area contributed by atoms with Crippen molar-refractivity contribution in [2.75, 3.05) is 20.1 Å². The van der Waals surface area contributed by atoms with Gasteiger partial charge < -0.3 is 9.80 Å². The summed E-state index contributed by atoms with van der Waals surface area (Å²) in [5.41, 5.74) is 4.93. The zero-order valence-corrected chi connectivity index (χ0v) is 18.4.